The van der Waals surface area contributed by atoms with Gasteiger partial charge in [0, 0.05) is 17.0 Å². The Labute approximate surface area is 156 Å². The number of piperazine rings is 1. The molecule has 1 saturated heterocycles. The number of rotatable bonds is 4. The van der Waals surface area contributed by atoms with Gasteiger partial charge in [-0.05, 0) is 25.3 Å². The van der Waals surface area contributed by atoms with E-state index in [0.717, 1.165) is 49.7 Å². The van der Waals surface area contributed by atoms with Crippen molar-refractivity contribution in [3.8, 4) is 0 Å². The molecule has 1 aliphatic heterocycles. The standard InChI is InChI=1S/C18H22N6OS/c1-13-16(14(2)24-18(21-13)19-12-20-24)10-17(25)23-7-5-22(6-8-23)11-15-4-3-9-26-15/h3-4,9,12H,5-8,10-11H2,1-2H3/p+1. The van der Waals surface area contributed by atoms with E-state index in [1.54, 1.807) is 9.42 Å². The van der Waals surface area contributed by atoms with E-state index >= 15 is 0 Å². The molecular weight excluding hydrogens is 348 g/mol. The van der Waals surface area contributed by atoms with Crippen LogP contribution in [-0.2, 0) is 17.8 Å². The van der Waals surface area contributed by atoms with Crippen molar-refractivity contribution in [2.45, 2.75) is 26.8 Å². The molecule has 26 heavy (non-hydrogen) atoms. The van der Waals surface area contributed by atoms with Gasteiger partial charge in [0.05, 0.1) is 37.5 Å². The molecule has 0 spiro atoms. The Balaban J connectivity index is 1.40. The summed E-state index contributed by atoms with van der Waals surface area (Å²) >= 11 is 1.81. The normalized spacial score (nSPS) is 15.7. The summed E-state index contributed by atoms with van der Waals surface area (Å²) in [7, 11) is 0. The average molecular weight is 371 g/mol. The molecule has 0 unspecified atom stereocenters. The molecule has 0 saturated carbocycles. The molecule has 0 aromatic carbocycles. The maximum atomic E-state index is 12.8. The number of hydrogen-bond acceptors (Lipinski definition) is 5. The molecule has 7 nitrogen and oxygen atoms in total. The first kappa shape index (κ1) is 17.1. The van der Waals surface area contributed by atoms with Crippen LogP contribution in [0.3, 0.4) is 0 Å². The predicted octanol–water partition coefficient (Wildman–Crippen LogP) is 0.272. The minimum atomic E-state index is 0.174. The fourth-order valence-electron chi connectivity index (χ4n) is 3.58. The second-order valence-electron chi connectivity index (χ2n) is 6.80. The second kappa shape index (κ2) is 7.13. The summed E-state index contributed by atoms with van der Waals surface area (Å²) in [6.45, 7) is 8.61. The lowest BCUT2D eigenvalue weighted by molar-refractivity contribution is -0.917. The zero-order chi connectivity index (χ0) is 18.1. The summed E-state index contributed by atoms with van der Waals surface area (Å²) in [6.07, 6.45) is 1.87. The van der Waals surface area contributed by atoms with Crippen LogP contribution in [0.4, 0.5) is 0 Å². The van der Waals surface area contributed by atoms with Crippen LogP contribution >= 0.6 is 11.3 Å². The Morgan fingerprint density at radius 1 is 1.31 bits per heavy atom. The third-order valence-corrected chi connectivity index (χ3v) is 6.02. The highest BCUT2D eigenvalue weighted by Gasteiger charge is 2.25. The lowest BCUT2D eigenvalue weighted by atomic mass is 10.1. The largest absolute Gasteiger partial charge is 0.331 e. The summed E-state index contributed by atoms with van der Waals surface area (Å²) in [5, 5.41) is 6.33. The third kappa shape index (κ3) is 3.34. The zero-order valence-corrected chi connectivity index (χ0v) is 15.9. The van der Waals surface area contributed by atoms with Crippen LogP contribution < -0.4 is 4.90 Å². The Morgan fingerprint density at radius 3 is 2.85 bits per heavy atom. The molecule has 0 aliphatic carbocycles. The number of aryl methyl sites for hydroxylation is 2. The molecule has 1 fully saturated rings. The lowest BCUT2D eigenvalue weighted by Crippen LogP contribution is -3.13. The first-order chi connectivity index (χ1) is 12.6. The number of amides is 1. The van der Waals surface area contributed by atoms with Gasteiger partial charge in [-0.25, -0.2) is 9.50 Å². The Bertz CT molecular complexity index is 911. The number of carbonyl (C=O) groups is 1. The molecule has 4 rings (SSSR count). The van der Waals surface area contributed by atoms with E-state index in [9.17, 15) is 4.79 Å². The summed E-state index contributed by atoms with van der Waals surface area (Å²) < 4.78 is 1.71. The van der Waals surface area contributed by atoms with E-state index in [0.29, 0.717) is 12.2 Å². The molecule has 0 atom stereocenters. The van der Waals surface area contributed by atoms with E-state index in [2.05, 4.69) is 32.6 Å². The predicted molar refractivity (Wildman–Crippen MR) is 99.3 cm³/mol. The number of hydrogen-bond donors (Lipinski definition) is 1. The van der Waals surface area contributed by atoms with Gasteiger partial charge >= 0.3 is 0 Å². The van der Waals surface area contributed by atoms with Crippen molar-refractivity contribution in [3.63, 3.8) is 0 Å². The highest BCUT2D eigenvalue weighted by molar-refractivity contribution is 7.09. The molecule has 1 N–H and O–H groups in total. The van der Waals surface area contributed by atoms with Crippen LogP contribution in [0, 0.1) is 13.8 Å². The number of thiophene rings is 1. The van der Waals surface area contributed by atoms with E-state index in [1.165, 1.54) is 11.2 Å². The molecular formula is C18H23N6OS+. The van der Waals surface area contributed by atoms with Crippen LogP contribution in [-0.4, -0.2) is 56.6 Å². The fraction of sp³-hybridized carbons (Fsp3) is 0.444. The average Bonchev–Trinajstić information content (AvgIpc) is 3.31. The number of aromatic nitrogens is 4. The van der Waals surface area contributed by atoms with Crippen molar-refractivity contribution >= 4 is 23.0 Å². The molecule has 8 heteroatoms. The summed E-state index contributed by atoms with van der Waals surface area (Å²) in [4.78, 5) is 26.4. The maximum Gasteiger partial charge on any atom is 0.252 e. The minimum Gasteiger partial charge on any atom is -0.331 e. The van der Waals surface area contributed by atoms with Gasteiger partial charge in [-0.15, -0.1) is 11.3 Å². The summed E-state index contributed by atoms with van der Waals surface area (Å²) in [6, 6.07) is 4.29. The van der Waals surface area contributed by atoms with E-state index in [1.807, 2.05) is 30.1 Å². The van der Waals surface area contributed by atoms with Crippen LogP contribution in [0.5, 0.6) is 0 Å². The smallest absolute Gasteiger partial charge is 0.252 e. The molecule has 3 aromatic heterocycles. The van der Waals surface area contributed by atoms with Gasteiger partial charge in [-0.1, -0.05) is 6.07 Å². The van der Waals surface area contributed by atoms with E-state index in [4.69, 9.17) is 0 Å². The van der Waals surface area contributed by atoms with Crippen molar-refractivity contribution in [1.82, 2.24) is 24.5 Å². The quantitative estimate of drug-likeness (QED) is 0.715. The van der Waals surface area contributed by atoms with Gasteiger partial charge in [-0.2, -0.15) is 10.1 Å². The number of quaternary nitrogens is 1. The van der Waals surface area contributed by atoms with Gasteiger partial charge in [0.1, 0.15) is 12.9 Å². The number of carbonyl (C=O) groups excluding carboxylic acids is 1. The molecule has 4 heterocycles. The third-order valence-electron chi connectivity index (χ3n) is 5.14. The van der Waals surface area contributed by atoms with Crippen molar-refractivity contribution in [1.29, 1.82) is 0 Å². The Morgan fingerprint density at radius 2 is 2.12 bits per heavy atom. The van der Waals surface area contributed by atoms with Crippen molar-refractivity contribution < 1.29 is 9.69 Å². The van der Waals surface area contributed by atoms with Crippen molar-refractivity contribution in [2.24, 2.45) is 0 Å². The SMILES string of the molecule is Cc1nc2ncnn2c(C)c1CC(=O)N1CC[NH+](Cc2cccs2)CC1. The van der Waals surface area contributed by atoms with Gasteiger partial charge in [0.15, 0.2) is 0 Å². The van der Waals surface area contributed by atoms with Crippen molar-refractivity contribution in [2.75, 3.05) is 26.2 Å². The van der Waals surface area contributed by atoms with Gasteiger partial charge < -0.3 is 9.80 Å². The molecule has 0 bridgehead atoms. The molecule has 0 radical (unpaired) electrons. The summed E-state index contributed by atoms with van der Waals surface area (Å²) in [5.41, 5.74) is 2.76. The van der Waals surface area contributed by atoms with Crippen LogP contribution in [0.25, 0.3) is 5.78 Å². The number of fused-ring (bicyclic) bond motifs is 1. The first-order valence-electron chi connectivity index (χ1n) is 8.91. The number of nitrogens with one attached hydrogen (secondary N) is 1. The molecule has 136 valence electrons. The van der Waals surface area contributed by atoms with Crippen LogP contribution in [0.1, 0.15) is 21.8 Å². The first-order valence-corrected chi connectivity index (χ1v) is 9.79. The second-order valence-corrected chi connectivity index (χ2v) is 7.83. The Hall–Kier alpha value is -2.32. The topological polar surface area (TPSA) is 67.8 Å². The fourth-order valence-corrected chi connectivity index (χ4v) is 4.36. The zero-order valence-electron chi connectivity index (χ0n) is 15.1. The summed E-state index contributed by atoms with van der Waals surface area (Å²) in [5.74, 6) is 0.759. The molecule has 1 amide bonds. The van der Waals surface area contributed by atoms with E-state index < -0.39 is 0 Å². The maximum absolute atomic E-state index is 12.8. The minimum absolute atomic E-state index is 0.174. The highest BCUT2D eigenvalue weighted by Crippen LogP contribution is 2.15. The van der Waals surface area contributed by atoms with E-state index in [-0.39, 0.29) is 5.91 Å². The van der Waals surface area contributed by atoms with Crippen molar-refractivity contribution in [3.05, 3.63) is 45.7 Å². The van der Waals surface area contributed by atoms with Gasteiger partial charge in [0.2, 0.25) is 5.91 Å². The highest BCUT2D eigenvalue weighted by atomic mass is 32.1. The monoisotopic (exact) mass is 371 g/mol. The van der Waals surface area contributed by atoms with Crippen LogP contribution in [0.15, 0.2) is 23.8 Å². The molecule has 3 aromatic rings. The molecule has 1 aliphatic rings. The Kier molecular flexibility index (Phi) is 4.69. The number of nitrogens with zero attached hydrogens (tertiary/aromatic N) is 5. The van der Waals surface area contributed by atoms with Gasteiger partial charge in [0.25, 0.3) is 5.78 Å². The van der Waals surface area contributed by atoms with Crippen LogP contribution in [0.2, 0.25) is 0 Å². The van der Waals surface area contributed by atoms with Gasteiger partial charge in [-0.3, -0.25) is 4.79 Å². The lowest BCUT2D eigenvalue weighted by Gasteiger charge is -2.32.